The number of halogens is 1. The third kappa shape index (κ3) is 8.37. The van der Waals surface area contributed by atoms with Gasteiger partial charge in [0.2, 0.25) is 6.10 Å². The number of ether oxygens (including phenoxy) is 2. The van der Waals surface area contributed by atoms with Gasteiger partial charge in [0.15, 0.2) is 13.2 Å². The summed E-state index contributed by atoms with van der Waals surface area (Å²) >= 11 is 0. The Labute approximate surface area is 165 Å². The van der Waals surface area contributed by atoms with Crippen molar-refractivity contribution < 1.29 is 28.6 Å². The molecule has 152 valence electrons. The molecule has 0 spiro atoms. The van der Waals surface area contributed by atoms with Crippen LogP contribution in [0.5, 0.6) is 11.5 Å². The first-order chi connectivity index (χ1) is 13.2. The van der Waals surface area contributed by atoms with Gasteiger partial charge in [0, 0.05) is 6.42 Å². The molecule has 1 atom stereocenters. The lowest BCUT2D eigenvalue weighted by Crippen LogP contribution is -2.38. The van der Waals surface area contributed by atoms with Crippen molar-refractivity contribution in [3.8, 4) is 11.5 Å². The van der Waals surface area contributed by atoms with Crippen LogP contribution in [0.25, 0.3) is 0 Å². The third-order valence-corrected chi connectivity index (χ3v) is 3.80. The molecule has 0 saturated carbocycles. The molecule has 2 rings (SSSR count). The summed E-state index contributed by atoms with van der Waals surface area (Å²) in [7, 11) is 6.09. The predicted molar refractivity (Wildman–Crippen MR) is 106 cm³/mol. The van der Waals surface area contributed by atoms with Crippen LogP contribution in [0.2, 0.25) is 0 Å². The summed E-state index contributed by atoms with van der Waals surface area (Å²) in [4.78, 5) is 4.08. The molecule has 0 aliphatic rings. The molecule has 28 heavy (non-hydrogen) atoms. The number of rotatable bonds is 10. The molecule has 2 aromatic rings. The van der Waals surface area contributed by atoms with Gasteiger partial charge in [-0.2, -0.15) is 0 Å². The third-order valence-electron chi connectivity index (χ3n) is 3.80. The summed E-state index contributed by atoms with van der Waals surface area (Å²) in [6, 6.07) is 12.5. The fraction of sp³-hybridized carbons (Fsp3) is 0.381. The molecular weight excluding hydrogens is 363 g/mol. The van der Waals surface area contributed by atoms with Gasteiger partial charge < -0.3 is 24.2 Å². The normalized spacial score (nSPS) is 13.2. The van der Waals surface area contributed by atoms with Crippen LogP contribution in [0.15, 0.2) is 53.5 Å². The van der Waals surface area contributed by atoms with Crippen LogP contribution in [0.1, 0.15) is 6.42 Å². The monoisotopic (exact) mass is 391 g/mol. The van der Waals surface area contributed by atoms with Gasteiger partial charge in [-0.25, -0.2) is 4.39 Å². The SMILES string of the molecule is C[N+](C)(C)CCC([O-])=Nc1ccc(OC[C@@H]([OH2+])COc2ccc(F)cc2)cc1. The van der Waals surface area contributed by atoms with E-state index in [4.69, 9.17) is 14.6 Å². The number of hydrogen-bond acceptors (Lipinski definition) is 4. The van der Waals surface area contributed by atoms with E-state index in [1.807, 2.05) is 21.1 Å². The number of aliphatic imine (C=N–C) groups is 1. The van der Waals surface area contributed by atoms with Crippen molar-refractivity contribution in [2.75, 3.05) is 40.9 Å². The number of hydrogen-bond donors (Lipinski definition) is 0. The lowest BCUT2D eigenvalue weighted by molar-refractivity contribution is -0.869. The molecule has 0 aliphatic heterocycles. The molecule has 7 heteroatoms. The van der Waals surface area contributed by atoms with Gasteiger partial charge >= 0.3 is 0 Å². The molecule has 2 N–H and O–H groups in total. The molecule has 0 unspecified atom stereocenters. The van der Waals surface area contributed by atoms with E-state index in [2.05, 4.69) is 4.99 Å². The summed E-state index contributed by atoms with van der Waals surface area (Å²) in [6.45, 7) is 1.02. The molecule has 0 radical (unpaired) electrons. The molecule has 6 nitrogen and oxygen atoms in total. The Hall–Kier alpha value is -2.64. The van der Waals surface area contributed by atoms with Crippen LogP contribution in [0.3, 0.4) is 0 Å². The van der Waals surface area contributed by atoms with Crippen LogP contribution in [-0.4, -0.2) is 62.5 Å². The first kappa shape index (κ1) is 21.7. The van der Waals surface area contributed by atoms with Crippen molar-refractivity contribution in [1.29, 1.82) is 0 Å². The van der Waals surface area contributed by atoms with E-state index in [1.165, 1.54) is 24.3 Å². The maximum Gasteiger partial charge on any atom is 0.222 e. The standard InChI is InChI=1S/C21H27FN2O4/c1-24(2,3)13-12-21(26)23-17-6-10-20(11-7-17)28-15-18(25)14-27-19-8-4-16(22)5-9-19/h4-11,18,25H,12-15H2,1-3H3/p+1/t18-/m0/s1. The Kier molecular flexibility index (Phi) is 7.78. The van der Waals surface area contributed by atoms with Gasteiger partial charge in [0.05, 0.1) is 33.4 Å². The smallest absolute Gasteiger partial charge is 0.222 e. The summed E-state index contributed by atoms with van der Waals surface area (Å²) in [5, 5.41) is 19.9. The van der Waals surface area contributed by atoms with Crippen molar-refractivity contribution >= 4 is 11.6 Å². The van der Waals surface area contributed by atoms with E-state index in [0.717, 1.165) is 6.54 Å². The van der Waals surface area contributed by atoms with Gasteiger partial charge in [-0.05, 0) is 54.4 Å². The Morgan fingerprint density at radius 1 is 1.00 bits per heavy atom. The number of quaternary nitrogens is 1. The second-order valence-electron chi connectivity index (χ2n) is 7.54. The van der Waals surface area contributed by atoms with Crippen LogP contribution in [0.4, 0.5) is 10.1 Å². The molecule has 0 heterocycles. The maximum atomic E-state index is 12.8. The molecule has 0 bridgehead atoms. The van der Waals surface area contributed by atoms with E-state index < -0.39 is 6.10 Å². The van der Waals surface area contributed by atoms with Crippen molar-refractivity contribution in [2.45, 2.75) is 12.5 Å². The highest BCUT2D eigenvalue weighted by Crippen LogP contribution is 2.19. The molecule has 0 aromatic heterocycles. The van der Waals surface area contributed by atoms with Crippen molar-refractivity contribution in [3.63, 3.8) is 0 Å². The second-order valence-corrected chi connectivity index (χ2v) is 7.54. The van der Waals surface area contributed by atoms with Crippen LogP contribution < -0.4 is 14.6 Å². The van der Waals surface area contributed by atoms with Gasteiger partial charge in [0.1, 0.15) is 17.3 Å². The number of benzene rings is 2. The molecule has 0 amide bonds. The maximum absolute atomic E-state index is 12.8. The average Bonchev–Trinajstić information content (AvgIpc) is 2.65. The minimum absolute atomic E-state index is 0.139. The first-order valence-electron chi connectivity index (χ1n) is 9.09. The topological polar surface area (TPSA) is 76.8 Å². The van der Waals surface area contributed by atoms with Gasteiger partial charge in [-0.3, -0.25) is 4.99 Å². The molecule has 2 aromatic carbocycles. The van der Waals surface area contributed by atoms with Gasteiger partial charge in [-0.15, -0.1) is 0 Å². The summed E-state index contributed by atoms with van der Waals surface area (Å²) in [6.07, 6.45) is -0.192. The Morgan fingerprint density at radius 2 is 1.50 bits per heavy atom. The highest BCUT2D eigenvalue weighted by atomic mass is 19.1. The molecule has 0 fully saturated rings. The molecule has 0 aliphatic carbocycles. The highest BCUT2D eigenvalue weighted by molar-refractivity contribution is 5.75. The first-order valence-corrected chi connectivity index (χ1v) is 9.09. The van der Waals surface area contributed by atoms with Crippen LogP contribution in [0, 0.1) is 5.82 Å². The summed E-state index contributed by atoms with van der Waals surface area (Å²) in [5.41, 5.74) is 0.584. The summed E-state index contributed by atoms with van der Waals surface area (Å²) in [5.74, 6) is 0.630. The van der Waals surface area contributed by atoms with E-state index in [-0.39, 0.29) is 24.9 Å². The van der Waals surface area contributed by atoms with Crippen molar-refractivity contribution in [3.05, 3.63) is 54.3 Å². The average molecular weight is 391 g/mol. The van der Waals surface area contributed by atoms with Crippen LogP contribution in [-0.2, 0) is 0 Å². The second kappa shape index (κ2) is 10.1. The van der Waals surface area contributed by atoms with Crippen molar-refractivity contribution in [2.24, 2.45) is 4.99 Å². The minimum Gasteiger partial charge on any atom is -0.862 e. The zero-order chi connectivity index (χ0) is 20.6. The highest BCUT2D eigenvalue weighted by Gasteiger charge is 2.11. The van der Waals surface area contributed by atoms with Crippen molar-refractivity contribution in [1.82, 2.24) is 0 Å². The van der Waals surface area contributed by atoms with E-state index in [9.17, 15) is 9.50 Å². The zero-order valence-corrected chi connectivity index (χ0v) is 16.5. The van der Waals surface area contributed by atoms with E-state index in [0.29, 0.717) is 28.1 Å². The van der Waals surface area contributed by atoms with Gasteiger partial charge in [0.25, 0.3) is 0 Å². The Bertz CT molecular complexity index is 755. The van der Waals surface area contributed by atoms with E-state index in [1.54, 1.807) is 24.3 Å². The lowest BCUT2D eigenvalue weighted by Gasteiger charge is -2.25. The molecule has 0 saturated heterocycles. The Balaban J connectivity index is 1.76. The Morgan fingerprint density at radius 3 is 2.00 bits per heavy atom. The fourth-order valence-electron chi connectivity index (χ4n) is 2.22. The molecular formula is C21H28FN2O4+. The largest absolute Gasteiger partial charge is 0.862 e. The summed E-state index contributed by atoms with van der Waals surface area (Å²) < 4.78 is 24.6. The number of nitrogens with zero attached hydrogens (tertiary/aromatic N) is 2. The fourth-order valence-corrected chi connectivity index (χ4v) is 2.22. The quantitative estimate of drug-likeness (QED) is 0.268. The lowest BCUT2D eigenvalue weighted by atomic mass is 10.3. The van der Waals surface area contributed by atoms with E-state index >= 15 is 0 Å². The predicted octanol–water partition coefficient (Wildman–Crippen LogP) is 1.86. The van der Waals surface area contributed by atoms with Crippen LogP contribution >= 0.6 is 0 Å². The van der Waals surface area contributed by atoms with Gasteiger partial charge in [-0.1, -0.05) is 0 Å². The zero-order valence-electron chi connectivity index (χ0n) is 16.5. The minimum atomic E-state index is -0.591.